The maximum absolute atomic E-state index is 12.3. The molecule has 2 saturated heterocycles. The van der Waals surface area contributed by atoms with Crippen LogP contribution in [0.4, 0.5) is 0 Å². The molecule has 3 nitrogen and oxygen atoms in total. The molecule has 3 atom stereocenters. The van der Waals surface area contributed by atoms with E-state index in [4.69, 9.17) is 9.47 Å². The summed E-state index contributed by atoms with van der Waals surface area (Å²) >= 11 is 0. The van der Waals surface area contributed by atoms with Crippen LogP contribution in [0.2, 0.25) is 0 Å². The Kier molecular flexibility index (Phi) is 1.87. The summed E-state index contributed by atoms with van der Waals surface area (Å²) in [5.41, 5.74) is -0.478. The molecule has 2 spiro atoms. The smallest absolute Gasteiger partial charge is 0.315 e. The Morgan fingerprint density at radius 3 is 2.65 bits per heavy atom. The average Bonchev–Trinajstić information content (AvgIpc) is 2.96. The fourth-order valence-electron chi connectivity index (χ4n) is 4.24. The highest BCUT2D eigenvalue weighted by atomic mass is 16.6. The van der Waals surface area contributed by atoms with Gasteiger partial charge in [-0.05, 0) is 32.1 Å². The van der Waals surface area contributed by atoms with E-state index in [0.29, 0.717) is 0 Å². The molecule has 4 aliphatic rings. The number of carbonyl (C=O) groups excluding carboxylic acids is 1. The number of carbonyl (C=O) groups is 1. The van der Waals surface area contributed by atoms with E-state index >= 15 is 0 Å². The predicted molar refractivity (Wildman–Crippen MR) is 61.4 cm³/mol. The van der Waals surface area contributed by atoms with Crippen LogP contribution in [0.5, 0.6) is 0 Å². The van der Waals surface area contributed by atoms with Gasteiger partial charge < -0.3 is 9.47 Å². The van der Waals surface area contributed by atoms with Gasteiger partial charge in [0.1, 0.15) is 11.0 Å². The van der Waals surface area contributed by atoms with Gasteiger partial charge in [0.15, 0.2) is 0 Å². The second-order valence-corrected chi connectivity index (χ2v) is 6.15. The van der Waals surface area contributed by atoms with Gasteiger partial charge in [0.2, 0.25) is 0 Å². The lowest BCUT2D eigenvalue weighted by molar-refractivity contribution is -0.156. The van der Waals surface area contributed by atoms with Crippen molar-refractivity contribution in [3.8, 4) is 0 Å². The van der Waals surface area contributed by atoms with Crippen molar-refractivity contribution < 1.29 is 14.3 Å². The third-order valence-electron chi connectivity index (χ3n) is 5.05. The third-order valence-corrected chi connectivity index (χ3v) is 5.05. The molecule has 3 unspecified atom stereocenters. The van der Waals surface area contributed by atoms with Gasteiger partial charge >= 0.3 is 5.97 Å². The lowest BCUT2D eigenvalue weighted by atomic mass is 9.69. The molecular formula is C14H18O3. The normalized spacial score (nSPS) is 46.0. The molecule has 2 bridgehead atoms. The van der Waals surface area contributed by atoms with Crippen molar-refractivity contribution in [2.45, 2.75) is 62.8 Å². The molecule has 1 saturated carbocycles. The van der Waals surface area contributed by atoms with E-state index in [2.05, 4.69) is 12.2 Å². The van der Waals surface area contributed by atoms with E-state index in [9.17, 15) is 4.79 Å². The summed E-state index contributed by atoms with van der Waals surface area (Å²) in [6.45, 7) is 0. The molecule has 0 amide bonds. The highest BCUT2D eigenvalue weighted by molar-refractivity contribution is 5.82. The van der Waals surface area contributed by atoms with E-state index < -0.39 is 0 Å². The highest BCUT2D eigenvalue weighted by Crippen LogP contribution is 2.57. The maximum atomic E-state index is 12.3. The lowest BCUT2D eigenvalue weighted by Crippen LogP contribution is -2.36. The Hall–Kier alpha value is -0.830. The Balaban J connectivity index is 1.66. The minimum atomic E-state index is -0.337. The minimum absolute atomic E-state index is 0.0104. The summed E-state index contributed by atoms with van der Waals surface area (Å²) < 4.78 is 11.6. The summed E-state index contributed by atoms with van der Waals surface area (Å²) in [5, 5.41) is 0. The second kappa shape index (κ2) is 3.14. The van der Waals surface area contributed by atoms with Crippen LogP contribution in [0.15, 0.2) is 12.2 Å². The average molecular weight is 234 g/mol. The van der Waals surface area contributed by atoms with Gasteiger partial charge in [-0.1, -0.05) is 18.6 Å². The summed E-state index contributed by atoms with van der Waals surface area (Å²) in [5.74, 6) is 0.0104. The molecule has 0 aromatic heterocycles. The predicted octanol–water partition coefficient (Wildman–Crippen LogP) is 2.35. The zero-order chi connectivity index (χ0) is 11.5. The monoisotopic (exact) mass is 234 g/mol. The number of ether oxygens (including phenoxy) is 2. The first-order valence-electron chi connectivity index (χ1n) is 6.80. The van der Waals surface area contributed by atoms with Crippen molar-refractivity contribution in [1.29, 1.82) is 0 Å². The fraction of sp³-hybridized carbons (Fsp3) is 0.786. The van der Waals surface area contributed by atoms with Gasteiger partial charge in [-0.15, -0.1) is 0 Å². The van der Waals surface area contributed by atoms with Crippen molar-refractivity contribution in [2.24, 2.45) is 5.41 Å². The minimum Gasteiger partial charge on any atom is -0.459 e. The molecule has 3 heteroatoms. The van der Waals surface area contributed by atoms with Crippen molar-refractivity contribution in [3.05, 3.63) is 12.2 Å². The molecule has 1 aliphatic carbocycles. The van der Waals surface area contributed by atoms with Crippen LogP contribution < -0.4 is 0 Å². The van der Waals surface area contributed by atoms with E-state index in [0.717, 1.165) is 25.7 Å². The van der Waals surface area contributed by atoms with E-state index in [1.807, 2.05) is 0 Å². The standard InChI is InChI=1S/C14H18O3/c15-12-14(8-10-4-5-11(14)16-10)9-13(17-12)6-2-1-3-7-13/h4-5,10-11H,1-3,6-9H2. The van der Waals surface area contributed by atoms with Gasteiger partial charge in [0.25, 0.3) is 0 Å². The molecule has 4 rings (SSSR count). The van der Waals surface area contributed by atoms with Crippen LogP contribution in [0.25, 0.3) is 0 Å². The molecular weight excluding hydrogens is 216 g/mol. The van der Waals surface area contributed by atoms with E-state index in [-0.39, 0.29) is 29.2 Å². The molecule has 17 heavy (non-hydrogen) atoms. The Morgan fingerprint density at radius 2 is 2.00 bits per heavy atom. The topological polar surface area (TPSA) is 35.5 Å². The van der Waals surface area contributed by atoms with Crippen LogP contribution in [0, 0.1) is 5.41 Å². The van der Waals surface area contributed by atoms with E-state index in [1.54, 1.807) is 0 Å². The highest BCUT2D eigenvalue weighted by Gasteiger charge is 2.64. The molecule has 3 aliphatic heterocycles. The van der Waals surface area contributed by atoms with Crippen LogP contribution in [0.3, 0.4) is 0 Å². The summed E-state index contributed by atoms with van der Waals surface area (Å²) in [7, 11) is 0. The quantitative estimate of drug-likeness (QED) is 0.477. The molecule has 0 aromatic rings. The number of esters is 1. The van der Waals surface area contributed by atoms with Crippen molar-refractivity contribution in [1.82, 2.24) is 0 Å². The molecule has 92 valence electrons. The molecule has 0 N–H and O–H groups in total. The Labute approximate surface area is 101 Å². The van der Waals surface area contributed by atoms with Crippen LogP contribution >= 0.6 is 0 Å². The molecule has 0 aromatic carbocycles. The lowest BCUT2D eigenvalue weighted by Gasteiger charge is -2.32. The van der Waals surface area contributed by atoms with Crippen LogP contribution in [-0.4, -0.2) is 23.8 Å². The summed E-state index contributed by atoms with van der Waals surface area (Å²) in [6.07, 6.45) is 11.8. The third kappa shape index (κ3) is 1.23. The van der Waals surface area contributed by atoms with Crippen molar-refractivity contribution >= 4 is 5.97 Å². The zero-order valence-corrected chi connectivity index (χ0v) is 9.98. The van der Waals surface area contributed by atoms with Gasteiger partial charge in [0.05, 0.1) is 12.2 Å². The number of fused-ring (bicyclic) bond motifs is 3. The van der Waals surface area contributed by atoms with Gasteiger partial charge in [-0.2, -0.15) is 0 Å². The SMILES string of the molecule is O=C1OC2(CCCCC2)CC12CC1C=CC2O1. The first-order chi connectivity index (χ1) is 8.23. The molecule has 0 radical (unpaired) electrons. The van der Waals surface area contributed by atoms with Crippen molar-refractivity contribution in [2.75, 3.05) is 0 Å². The van der Waals surface area contributed by atoms with Gasteiger partial charge in [0, 0.05) is 6.42 Å². The second-order valence-electron chi connectivity index (χ2n) is 6.15. The van der Waals surface area contributed by atoms with Gasteiger partial charge in [-0.3, -0.25) is 4.79 Å². The summed E-state index contributed by atoms with van der Waals surface area (Å²) in [4.78, 5) is 12.3. The first kappa shape index (κ1) is 10.1. The maximum Gasteiger partial charge on any atom is 0.315 e. The summed E-state index contributed by atoms with van der Waals surface area (Å²) in [6, 6.07) is 0. The van der Waals surface area contributed by atoms with Crippen molar-refractivity contribution in [3.63, 3.8) is 0 Å². The molecule has 3 fully saturated rings. The largest absolute Gasteiger partial charge is 0.459 e. The number of hydrogen-bond acceptors (Lipinski definition) is 3. The van der Waals surface area contributed by atoms with Crippen LogP contribution in [-0.2, 0) is 14.3 Å². The van der Waals surface area contributed by atoms with Gasteiger partial charge in [-0.25, -0.2) is 0 Å². The first-order valence-corrected chi connectivity index (χ1v) is 6.80. The zero-order valence-electron chi connectivity index (χ0n) is 9.98. The van der Waals surface area contributed by atoms with E-state index in [1.165, 1.54) is 19.3 Å². The van der Waals surface area contributed by atoms with Crippen LogP contribution in [0.1, 0.15) is 44.9 Å². The molecule has 3 heterocycles. The Bertz CT molecular complexity index is 394. The number of hydrogen-bond donors (Lipinski definition) is 0. The number of rotatable bonds is 0. The Morgan fingerprint density at radius 1 is 1.18 bits per heavy atom. The fourth-order valence-corrected chi connectivity index (χ4v) is 4.24.